The number of ether oxygens (including phenoxy) is 1. The van der Waals surface area contributed by atoms with Crippen molar-refractivity contribution in [3.05, 3.63) is 83.7 Å². The van der Waals surface area contributed by atoms with Gasteiger partial charge in [-0.2, -0.15) is 0 Å². The zero-order valence-corrected chi connectivity index (χ0v) is 21.8. The minimum atomic E-state index is -1.41. The molecule has 10 heteroatoms. The van der Waals surface area contributed by atoms with Crippen molar-refractivity contribution < 1.29 is 32.9 Å². The highest BCUT2D eigenvalue weighted by Gasteiger charge is 2.45. The maximum atomic E-state index is 12.9. The van der Waals surface area contributed by atoms with Crippen molar-refractivity contribution in [3.8, 4) is 0 Å². The molecule has 8 nitrogen and oxygen atoms in total. The molecule has 2 aromatic rings. The van der Waals surface area contributed by atoms with E-state index in [0.29, 0.717) is 36.9 Å². The van der Waals surface area contributed by atoms with Crippen molar-refractivity contribution in [2.75, 3.05) is 19.7 Å². The predicted molar refractivity (Wildman–Crippen MR) is 141 cm³/mol. The fourth-order valence-electron chi connectivity index (χ4n) is 3.87. The van der Waals surface area contributed by atoms with Crippen molar-refractivity contribution in [2.24, 2.45) is 0 Å². The maximum absolute atomic E-state index is 12.9. The molecule has 1 aliphatic heterocycles. The van der Waals surface area contributed by atoms with E-state index < -0.39 is 22.5 Å². The summed E-state index contributed by atoms with van der Waals surface area (Å²) in [7, 11) is 0. The van der Waals surface area contributed by atoms with Gasteiger partial charge in [0.15, 0.2) is 11.2 Å². The molecule has 0 aromatic heterocycles. The molecular formula is C28H31FN2O6S. The normalized spacial score (nSPS) is 15.4. The molecular weight excluding hydrogens is 511 g/mol. The van der Waals surface area contributed by atoms with Gasteiger partial charge in [-0.15, -0.1) is 0 Å². The number of halogens is 1. The molecule has 202 valence electrons. The summed E-state index contributed by atoms with van der Waals surface area (Å²) >= 11 is -1.41. The Hall–Kier alpha value is -3.50. The third-order valence-electron chi connectivity index (χ3n) is 6.03. The first-order chi connectivity index (χ1) is 18.3. The van der Waals surface area contributed by atoms with Crippen LogP contribution in [0, 0.1) is 5.82 Å². The monoisotopic (exact) mass is 542 g/mol. The van der Waals surface area contributed by atoms with Gasteiger partial charge in [0.2, 0.25) is 11.8 Å². The quantitative estimate of drug-likeness (QED) is 0.0919. The number of esters is 1. The molecule has 2 aromatic carbocycles. The smallest absolute Gasteiger partial charge is 0.338 e. The molecule has 0 radical (unpaired) electrons. The van der Waals surface area contributed by atoms with Gasteiger partial charge < -0.3 is 14.6 Å². The van der Waals surface area contributed by atoms with Crippen molar-refractivity contribution in [1.82, 2.24) is 10.2 Å². The molecule has 1 saturated heterocycles. The number of nitrogens with zero attached hydrogens (tertiary/aromatic N) is 1. The molecule has 0 spiro atoms. The lowest BCUT2D eigenvalue weighted by molar-refractivity contribution is -0.145. The van der Waals surface area contributed by atoms with E-state index in [1.165, 1.54) is 35.2 Å². The number of benzene rings is 2. The summed E-state index contributed by atoms with van der Waals surface area (Å²) in [5, 5.41) is 2.22. The van der Waals surface area contributed by atoms with Crippen LogP contribution in [0.25, 0.3) is 0 Å². The lowest BCUT2D eigenvalue weighted by Gasteiger charge is -2.39. The van der Waals surface area contributed by atoms with Crippen LogP contribution in [0.2, 0.25) is 0 Å². The molecule has 2 unspecified atom stereocenters. The number of amides is 2. The molecule has 38 heavy (non-hydrogen) atoms. The van der Waals surface area contributed by atoms with Gasteiger partial charge >= 0.3 is 5.97 Å². The fraction of sp³-hybridized carbons (Fsp3) is 0.357. The zero-order chi connectivity index (χ0) is 27.5. The van der Waals surface area contributed by atoms with Crippen LogP contribution in [-0.4, -0.2) is 58.1 Å². The van der Waals surface area contributed by atoms with Gasteiger partial charge in [0, 0.05) is 24.1 Å². The molecule has 1 heterocycles. The first-order valence-corrected chi connectivity index (χ1v) is 13.8. The molecule has 1 aliphatic rings. The summed E-state index contributed by atoms with van der Waals surface area (Å²) in [6, 6.07) is 12.0. The lowest BCUT2D eigenvalue weighted by Crippen LogP contribution is -2.59. The van der Waals surface area contributed by atoms with Crippen LogP contribution in [0.3, 0.4) is 0 Å². The Morgan fingerprint density at radius 3 is 2.42 bits per heavy atom. The van der Waals surface area contributed by atoms with Crippen LogP contribution in [0.4, 0.5) is 4.39 Å². The fourth-order valence-corrected chi connectivity index (χ4v) is 5.39. The van der Waals surface area contributed by atoms with Crippen molar-refractivity contribution in [2.45, 2.75) is 43.2 Å². The first kappa shape index (κ1) is 29.1. The number of Topliss-reactive ketones (excluding diaryl/α,β-unsaturated/α-hetero) is 1. The Balaban J connectivity index is 1.34. The average Bonchev–Trinajstić information content (AvgIpc) is 2.91. The number of β-lactam (4-membered cyclic amide) rings is 1. The molecule has 0 aliphatic carbocycles. The van der Waals surface area contributed by atoms with Crippen LogP contribution in [0.5, 0.6) is 0 Å². The van der Waals surface area contributed by atoms with Gasteiger partial charge in [0.1, 0.15) is 24.7 Å². The Labute approximate surface area is 224 Å². The number of hydrogen-bond donors (Lipinski definition) is 1. The molecule has 3 rings (SSSR count). The van der Waals surface area contributed by atoms with E-state index in [0.717, 1.165) is 12.0 Å². The number of nitrogens with one attached hydrogen (secondary N) is 1. The van der Waals surface area contributed by atoms with Gasteiger partial charge in [-0.05, 0) is 60.4 Å². The first-order valence-electron chi connectivity index (χ1n) is 12.4. The second-order valence-electron chi connectivity index (χ2n) is 8.88. The van der Waals surface area contributed by atoms with Crippen LogP contribution in [0.15, 0.2) is 61.2 Å². The third-order valence-corrected chi connectivity index (χ3v) is 7.68. The van der Waals surface area contributed by atoms with E-state index in [4.69, 9.17) is 4.74 Å². The van der Waals surface area contributed by atoms with E-state index in [1.807, 2.05) is 0 Å². The van der Waals surface area contributed by atoms with Gasteiger partial charge in [-0.1, -0.05) is 31.2 Å². The second-order valence-corrected chi connectivity index (χ2v) is 10.5. The number of carbonyl (C=O) groups is 4. The average molecular weight is 543 g/mol. The van der Waals surface area contributed by atoms with Gasteiger partial charge in [0.25, 0.3) is 0 Å². The highest BCUT2D eigenvalue weighted by Crippen LogP contribution is 2.27. The van der Waals surface area contributed by atoms with Gasteiger partial charge in [-0.25, -0.2) is 9.18 Å². The number of rotatable bonds is 15. The standard InChI is InChI=1S/C28H31FN2O6S/c1-2-16-37-28(35)22-9-7-20(8-10-22)19-38(36)27-17-26(34)31(27)18-25(33)30-15-5-3-4-6-24(32)21-11-13-23(29)14-12-21/h2,7-14,27H,1,3-6,15-19H2,(H,30,33). The van der Waals surface area contributed by atoms with Gasteiger partial charge in [0.05, 0.1) is 12.0 Å². The number of unbranched alkanes of at least 4 members (excludes halogenated alkanes) is 2. The third kappa shape index (κ3) is 8.53. The van der Waals surface area contributed by atoms with Crippen LogP contribution in [-0.2, 0) is 31.3 Å². The SMILES string of the molecule is C=CCOC(=O)c1ccc(C[S+]([O-])C2CC(=O)N2CC(=O)NCCCCCC(=O)c2ccc(F)cc2)cc1. The summed E-state index contributed by atoms with van der Waals surface area (Å²) in [5.41, 5.74) is 1.59. The Kier molecular flexibility index (Phi) is 11.0. The highest BCUT2D eigenvalue weighted by atomic mass is 32.2. The lowest BCUT2D eigenvalue weighted by atomic mass is 10.0. The topological polar surface area (TPSA) is 116 Å². The molecule has 2 atom stereocenters. The van der Waals surface area contributed by atoms with E-state index in [1.54, 1.807) is 24.3 Å². The molecule has 2 amide bonds. The summed E-state index contributed by atoms with van der Waals surface area (Å²) in [6.45, 7) is 3.85. The predicted octanol–water partition coefficient (Wildman–Crippen LogP) is 3.54. The van der Waals surface area contributed by atoms with Gasteiger partial charge in [-0.3, -0.25) is 19.3 Å². The number of hydrogen-bond acceptors (Lipinski definition) is 6. The Morgan fingerprint density at radius 2 is 1.76 bits per heavy atom. The molecule has 1 fully saturated rings. The van der Waals surface area contributed by atoms with E-state index in [2.05, 4.69) is 11.9 Å². The number of ketones is 1. The second kappa shape index (κ2) is 14.4. The van der Waals surface area contributed by atoms with Crippen molar-refractivity contribution in [1.29, 1.82) is 0 Å². The summed E-state index contributed by atoms with van der Waals surface area (Å²) in [5.74, 6) is -1.27. The summed E-state index contributed by atoms with van der Waals surface area (Å²) in [4.78, 5) is 49.6. The van der Waals surface area contributed by atoms with Crippen molar-refractivity contribution in [3.63, 3.8) is 0 Å². The molecule has 1 N–H and O–H groups in total. The van der Waals surface area contributed by atoms with E-state index >= 15 is 0 Å². The molecule has 0 saturated carbocycles. The maximum Gasteiger partial charge on any atom is 0.338 e. The molecule has 0 bridgehead atoms. The minimum Gasteiger partial charge on any atom is -0.614 e. The number of carbonyl (C=O) groups excluding carboxylic acids is 4. The van der Waals surface area contributed by atoms with Crippen LogP contribution < -0.4 is 5.32 Å². The number of likely N-dealkylation sites (tertiary alicyclic amines) is 1. The van der Waals surface area contributed by atoms with Crippen LogP contribution >= 0.6 is 0 Å². The summed E-state index contributed by atoms with van der Waals surface area (Å²) in [6.07, 6.45) is 3.99. The van der Waals surface area contributed by atoms with Crippen molar-refractivity contribution >= 4 is 34.7 Å². The summed E-state index contributed by atoms with van der Waals surface area (Å²) < 4.78 is 30.8. The Morgan fingerprint density at radius 1 is 1.08 bits per heavy atom. The van der Waals surface area contributed by atoms with E-state index in [9.17, 15) is 28.1 Å². The van der Waals surface area contributed by atoms with E-state index in [-0.39, 0.29) is 48.7 Å². The highest BCUT2D eigenvalue weighted by molar-refractivity contribution is 7.91. The minimum absolute atomic E-state index is 0.0497. The van der Waals surface area contributed by atoms with Crippen LogP contribution in [0.1, 0.15) is 58.4 Å². The largest absolute Gasteiger partial charge is 0.614 e. The zero-order valence-electron chi connectivity index (χ0n) is 21.0. The Bertz CT molecular complexity index is 1140.